The van der Waals surface area contributed by atoms with Gasteiger partial charge in [-0.15, -0.1) is 0 Å². The van der Waals surface area contributed by atoms with Crippen molar-refractivity contribution in [2.24, 2.45) is 11.8 Å². The number of rotatable bonds is 4. The fourth-order valence-corrected chi connectivity index (χ4v) is 3.17. The molecule has 1 N–H and O–H groups in total. The summed E-state index contributed by atoms with van der Waals surface area (Å²) in [5, 5.41) is 12.0. The lowest BCUT2D eigenvalue weighted by molar-refractivity contribution is -0.00450. The van der Waals surface area contributed by atoms with E-state index in [0.717, 1.165) is 31.2 Å². The van der Waals surface area contributed by atoms with Gasteiger partial charge in [0.2, 0.25) is 0 Å². The van der Waals surface area contributed by atoms with Gasteiger partial charge in [-0.05, 0) is 49.1 Å². The van der Waals surface area contributed by atoms with E-state index < -0.39 is 5.60 Å². The summed E-state index contributed by atoms with van der Waals surface area (Å²) in [5.74, 6) is 0.954. The number of hydrogen-bond acceptors (Lipinski definition) is 1. The summed E-state index contributed by atoms with van der Waals surface area (Å²) < 4.78 is 0. The predicted octanol–water partition coefficient (Wildman–Crippen LogP) is 4.09. The summed E-state index contributed by atoms with van der Waals surface area (Å²) in [7, 11) is 0. The van der Waals surface area contributed by atoms with Crippen LogP contribution in [0.2, 0.25) is 10.0 Å². The Bertz CT molecular complexity index is 424. The van der Waals surface area contributed by atoms with Gasteiger partial charge in [-0.3, -0.25) is 0 Å². The Morgan fingerprint density at radius 2 is 1.71 bits per heavy atom. The molecule has 3 rings (SSSR count). The van der Waals surface area contributed by atoms with E-state index in [4.69, 9.17) is 23.2 Å². The van der Waals surface area contributed by atoms with Crippen molar-refractivity contribution in [2.45, 2.75) is 37.7 Å². The molecule has 0 radical (unpaired) electrons. The highest BCUT2D eigenvalue weighted by Crippen LogP contribution is 2.53. The van der Waals surface area contributed by atoms with Crippen LogP contribution in [0.4, 0.5) is 0 Å². The van der Waals surface area contributed by atoms with E-state index in [1.807, 2.05) is 12.1 Å². The van der Waals surface area contributed by atoms with Crippen LogP contribution in [-0.4, -0.2) is 10.7 Å². The van der Waals surface area contributed by atoms with Crippen molar-refractivity contribution in [1.82, 2.24) is 0 Å². The smallest absolute Gasteiger partial charge is 0.0744 e. The lowest BCUT2D eigenvalue weighted by Gasteiger charge is -2.29. The minimum absolute atomic E-state index is 0.477. The molecule has 0 bridgehead atoms. The second kappa shape index (κ2) is 4.15. The van der Waals surface area contributed by atoms with Crippen molar-refractivity contribution in [3.05, 3.63) is 33.8 Å². The van der Waals surface area contributed by atoms with E-state index >= 15 is 0 Å². The molecule has 2 saturated carbocycles. The van der Waals surface area contributed by atoms with Crippen molar-refractivity contribution >= 4 is 23.2 Å². The molecule has 92 valence electrons. The molecule has 3 heteroatoms. The zero-order valence-electron chi connectivity index (χ0n) is 9.63. The third-order valence-electron chi connectivity index (χ3n) is 4.07. The second-order valence-electron chi connectivity index (χ2n) is 5.43. The van der Waals surface area contributed by atoms with Crippen molar-refractivity contribution in [3.8, 4) is 0 Å². The monoisotopic (exact) mass is 270 g/mol. The van der Waals surface area contributed by atoms with E-state index in [1.165, 1.54) is 0 Å². The van der Waals surface area contributed by atoms with Crippen LogP contribution in [0.25, 0.3) is 0 Å². The number of hydrogen-bond donors (Lipinski definition) is 1. The zero-order chi connectivity index (χ0) is 12.0. The first-order chi connectivity index (χ1) is 8.11. The van der Waals surface area contributed by atoms with Crippen molar-refractivity contribution in [1.29, 1.82) is 0 Å². The number of aliphatic hydroxyl groups is 1. The molecule has 0 heterocycles. The molecule has 0 atom stereocenters. The first-order valence-electron chi connectivity index (χ1n) is 6.26. The van der Waals surface area contributed by atoms with Gasteiger partial charge in [0.05, 0.1) is 15.6 Å². The Balaban J connectivity index is 1.87. The molecule has 0 unspecified atom stereocenters. The van der Waals surface area contributed by atoms with Gasteiger partial charge in [0.15, 0.2) is 0 Å². The summed E-state index contributed by atoms with van der Waals surface area (Å²) in [6.07, 6.45) is 5.29. The van der Waals surface area contributed by atoms with Crippen LogP contribution in [0, 0.1) is 11.8 Å². The Morgan fingerprint density at radius 1 is 1.12 bits per heavy atom. The molecular formula is C14H16Cl2O. The van der Waals surface area contributed by atoms with Crippen LogP contribution < -0.4 is 0 Å². The molecule has 0 amide bonds. The molecule has 0 spiro atoms. The minimum Gasteiger partial charge on any atom is -0.389 e. The fraction of sp³-hybridized carbons (Fsp3) is 0.571. The van der Waals surface area contributed by atoms with Gasteiger partial charge >= 0.3 is 0 Å². The summed E-state index contributed by atoms with van der Waals surface area (Å²) in [5.41, 5.74) is 0.453. The maximum Gasteiger partial charge on any atom is 0.0744 e. The Hall–Kier alpha value is -0.240. The molecule has 17 heavy (non-hydrogen) atoms. The lowest BCUT2D eigenvalue weighted by Crippen LogP contribution is -2.36. The van der Waals surface area contributed by atoms with E-state index in [-0.39, 0.29) is 0 Å². The minimum atomic E-state index is -0.533. The van der Waals surface area contributed by atoms with Crippen LogP contribution in [0.3, 0.4) is 0 Å². The van der Waals surface area contributed by atoms with Gasteiger partial charge in [0.1, 0.15) is 0 Å². The van der Waals surface area contributed by atoms with Crippen LogP contribution >= 0.6 is 23.2 Å². The van der Waals surface area contributed by atoms with Gasteiger partial charge in [-0.2, -0.15) is 0 Å². The van der Waals surface area contributed by atoms with E-state index in [0.29, 0.717) is 28.3 Å². The highest BCUT2D eigenvalue weighted by molar-refractivity contribution is 6.42. The van der Waals surface area contributed by atoms with Gasteiger partial charge in [-0.25, -0.2) is 0 Å². The largest absolute Gasteiger partial charge is 0.389 e. The van der Waals surface area contributed by atoms with Crippen LogP contribution in [0.5, 0.6) is 0 Å². The molecule has 1 aromatic rings. The van der Waals surface area contributed by atoms with E-state index in [9.17, 15) is 5.11 Å². The zero-order valence-corrected chi connectivity index (χ0v) is 11.1. The first kappa shape index (κ1) is 11.8. The molecular weight excluding hydrogens is 255 g/mol. The molecule has 2 fully saturated rings. The fourth-order valence-electron chi connectivity index (χ4n) is 2.78. The van der Waals surface area contributed by atoms with E-state index in [1.54, 1.807) is 6.07 Å². The predicted molar refractivity (Wildman–Crippen MR) is 70.6 cm³/mol. The van der Waals surface area contributed by atoms with Gasteiger partial charge < -0.3 is 5.11 Å². The first-order valence-corrected chi connectivity index (χ1v) is 7.02. The molecule has 0 saturated heterocycles. The van der Waals surface area contributed by atoms with Gasteiger partial charge in [0, 0.05) is 6.42 Å². The standard InChI is InChI=1S/C14H16Cl2O/c15-12-3-1-2-9(13(12)16)8-14(17,10-4-5-10)11-6-7-11/h1-3,10-11,17H,4-8H2. The van der Waals surface area contributed by atoms with Crippen LogP contribution in [-0.2, 0) is 6.42 Å². The number of halogens is 2. The van der Waals surface area contributed by atoms with Gasteiger partial charge in [0.25, 0.3) is 0 Å². The average molecular weight is 271 g/mol. The molecule has 2 aliphatic carbocycles. The van der Waals surface area contributed by atoms with Crippen LogP contribution in [0.1, 0.15) is 31.2 Å². The summed E-state index contributed by atoms with van der Waals surface area (Å²) in [6.45, 7) is 0. The van der Waals surface area contributed by atoms with Crippen molar-refractivity contribution in [3.63, 3.8) is 0 Å². The van der Waals surface area contributed by atoms with Gasteiger partial charge in [-0.1, -0.05) is 35.3 Å². The molecule has 1 nitrogen and oxygen atoms in total. The Kier molecular flexibility index (Phi) is 2.89. The lowest BCUT2D eigenvalue weighted by atomic mass is 9.85. The Labute approximate surface area is 112 Å². The average Bonchev–Trinajstić information content (AvgIpc) is 3.18. The summed E-state index contributed by atoms with van der Waals surface area (Å²) in [4.78, 5) is 0. The second-order valence-corrected chi connectivity index (χ2v) is 6.21. The van der Waals surface area contributed by atoms with E-state index in [2.05, 4.69) is 0 Å². The summed E-state index contributed by atoms with van der Waals surface area (Å²) >= 11 is 12.2. The number of benzene rings is 1. The highest BCUT2D eigenvalue weighted by atomic mass is 35.5. The van der Waals surface area contributed by atoms with Crippen molar-refractivity contribution < 1.29 is 5.11 Å². The van der Waals surface area contributed by atoms with Crippen molar-refractivity contribution in [2.75, 3.05) is 0 Å². The topological polar surface area (TPSA) is 20.2 Å². The normalized spacial score (nSPS) is 20.6. The summed E-state index contributed by atoms with van der Waals surface area (Å²) in [6, 6.07) is 5.67. The third-order valence-corrected chi connectivity index (χ3v) is 4.93. The highest BCUT2D eigenvalue weighted by Gasteiger charge is 2.53. The third kappa shape index (κ3) is 2.21. The maximum absolute atomic E-state index is 10.9. The molecule has 2 aliphatic rings. The van der Waals surface area contributed by atoms with Crippen LogP contribution in [0.15, 0.2) is 18.2 Å². The Morgan fingerprint density at radius 3 is 2.24 bits per heavy atom. The maximum atomic E-state index is 10.9. The quantitative estimate of drug-likeness (QED) is 0.874. The molecule has 0 aromatic heterocycles. The molecule has 1 aromatic carbocycles. The molecule has 0 aliphatic heterocycles. The SMILES string of the molecule is OC(Cc1cccc(Cl)c1Cl)(C1CC1)C1CC1.